The molecule has 0 aliphatic heterocycles. The van der Waals surface area contributed by atoms with Crippen molar-refractivity contribution in [2.75, 3.05) is 0 Å². The van der Waals surface area contributed by atoms with Crippen LogP contribution in [0.25, 0.3) is 0 Å². The minimum Gasteiger partial charge on any atom is -0.200 e. The van der Waals surface area contributed by atoms with Gasteiger partial charge in [-0.05, 0) is 0 Å². The van der Waals surface area contributed by atoms with Gasteiger partial charge in [0.1, 0.15) is 0 Å². The quantitative estimate of drug-likeness (QED) is 0.313. The molecule has 0 bridgehead atoms. The van der Waals surface area contributed by atoms with Crippen LogP contribution in [0.5, 0.6) is 0 Å². The van der Waals surface area contributed by atoms with Crippen molar-refractivity contribution in [3.8, 4) is 0 Å². The largest absolute Gasteiger partial charge is 0.384 e. The van der Waals surface area contributed by atoms with Gasteiger partial charge in [0.2, 0.25) is 0 Å². The molecule has 0 aromatic heterocycles. The second-order valence-electron chi connectivity index (χ2n) is 5.49. The van der Waals surface area contributed by atoms with Gasteiger partial charge in [-0.15, -0.1) is 0 Å². The number of alkyl halides is 12. The van der Waals surface area contributed by atoms with Crippen molar-refractivity contribution in [2.45, 2.75) is 73.9 Å². The van der Waals surface area contributed by atoms with Gasteiger partial charge < -0.3 is 0 Å². The van der Waals surface area contributed by atoms with Gasteiger partial charge in [0, 0.05) is 12.8 Å². The highest BCUT2D eigenvalue weighted by atomic mass is 19.4. The molecule has 0 unspecified atom stereocenters. The summed E-state index contributed by atoms with van der Waals surface area (Å²) in [6.07, 6.45) is -7.88. The van der Waals surface area contributed by atoms with Crippen molar-refractivity contribution in [2.24, 2.45) is 0 Å². The molecule has 0 atom stereocenters. The summed E-state index contributed by atoms with van der Waals surface area (Å²) in [4.78, 5) is 0. The molecule has 0 nitrogen and oxygen atoms in total. The first-order chi connectivity index (χ1) is 11.4. The molecule has 4 radical (unpaired) electrons. The van der Waals surface area contributed by atoms with E-state index in [4.69, 9.17) is 15.7 Å². The summed E-state index contributed by atoms with van der Waals surface area (Å²) in [5.41, 5.74) is 0. The summed E-state index contributed by atoms with van der Waals surface area (Å²) in [5, 5.41) is 0. The summed E-state index contributed by atoms with van der Waals surface area (Å²) < 4.78 is 160. The molecule has 0 aliphatic rings. The maximum atomic E-state index is 13.4. The van der Waals surface area contributed by atoms with Crippen molar-refractivity contribution in [3.05, 3.63) is 0 Å². The Morgan fingerprint density at radius 2 is 0.654 bits per heavy atom. The highest BCUT2D eigenvalue weighted by molar-refractivity contribution is 6.08. The molecular formula is C12H12B2F12. The summed E-state index contributed by atoms with van der Waals surface area (Å²) in [7, 11) is 9.41. The second kappa shape index (κ2) is 7.73. The monoisotopic (exact) mass is 406 g/mol. The van der Waals surface area contributed by atoms with Crippen molar-refractivity contribution in [3.63, 3.8) is 0 Å². The van der Waals surface area contributed by atoms with Gasteiger partial charge in [0.15, 0.2) is 0 Å². The SMILES string of the molecule is [B]CCCC(F)(F)C(F)(F)C(F)(F)C(F)(F)C(F)(F)C(F)(F)CCC[B]. The Hall–Kier alpha value is -0.710. The van der Waals surface area contributed by atoms with Gasteiger partial charge >= 0.3 is 35.5 Å². The van der Waals surface area contributed by atoms with E-state index in [-0.39, 0.29) is 0 Å². The molecule has 0 aromatic rings. The molecule has 0 saturated carbocycles. The molecule has 26 heavy (non-hydrogen) atoms. The summed E-state index contributed by atoms with van der Waals surface area (Å²) >= 11 is 0. The van der Waals surface area contributed by atoms with Crippen LogP contribution in [0.3, 0.4) is 0 Å². The van der Waals surface area contributed by atoms with Crippen molar-refractivity contribution >= 4 is 15.7 Å². The van der Waals surface area contributed by atoms with E-state index in [0.717, 1.165) is 0 Å². The van der Waals surface area contributed by atoms with E-state index in [1.807, 2.05) is 0 Å². The van der Waals surface area contributed by atoms with E-state index in [1.165, 1.54) is 0 Å². The molecule has 0 heterocycles. The minimum atomic E-state index is -7.51. The normalized spacial score (nSPS) is 15.4. The Morgan fingerprint density at radius 1 is 0.423 bits per heavy atom. The second-order valence-corrected chi connectivity index (χ2v) is 5.49. The lowest BCUT2D eigenvalue weighted by atomic mass is 9.87. The van der Waals surface area contributed by atoms with Crippen LogP contribution in [0.15, 0.2) is 0 Å². The third-order valence-corrected chi connectivity index (χ3v) is 3.49. The van der Waals surface area contributed by atoms with Gasteiger partial charge in [-0.3, -0.25) is 0 Å². The highest BCUT2D eigenvalue weighted by Gasteiger charge is 2.89. The average molecular weight is 406 g/mol. The lowest BCUT2D eigenvalue weighted by Gasteiger charge is -2.41. The Labute approximate surface area is 143 Å². The molecule has 0 amide bonds. The van der Waals surface area contributed by atoms with E-state index in [1.54, 1.807) is 0 Å². The first-order valence-electron chi connectivity index (χ1n) is 7.04. The lowest BCUT2D eigenvalue weighted by Crippen LogP contribution is -2.70. The van der Waals surface area contributed by atoms with Crippen LogP contribution in [0, 0.1) is 0 Å². The van der Waals surface area contributed by atoms with E-state index < -0.39 is 73.9 Å². The summed E-state index contributed by atoms with van der Waals surface area (Å²) in [6.45, 7) is 0. The Kier molecular flexibility index (Phi) is 7.52. The Morgan fingerprint density at radius 3 is 0.846 bits per heavy atom. The fraction of sp³-hybridized carbons (Fsp3) is 1.00. The smallest absolute Gasteiger partial charge is 0.200 e. The van der Waals surface area contributed by atoms with Crippen molar-refractivity contribution in [1.82, 2.24) is 0 Å². The molecule has 0 aromatic carbocycles. The highest BCUT2D eigenvalue weighted by Crippen LogP contribution is 2.61. The zero-order chi connectivity index (χ0) is 21.2. The predicted molar refractivity (Wildman–Crippen MR) is 69.3 cm³/mol. The number of hydrogen-bond donors (Lipinski definition) is 0. The Bertz CT molecular complexity index is 421. The zero-order valence-corrected chi connectivity index (χ0v) is 12.9. The van der Waals surface area contributed by atoms with Crippen LogP contribution in [0.1, 0.15) is 25.7 Å². The van der Waals surface area contributed by atoms with E-state index in [2.05, 4.69) is 0 Å². The number of hydrogen-bond acceptors (Lipinski definition) is 0. The van der Waals surface area contributed by atoms with Crippen molar-refractivity contribution < 1.29 is 52.7 Å². The first kappa shape index (κ1) is 25.3. The van der Waals surface area contributed by atoms with Gasteiger partial charge in [0.25, 0.3) is 0 Å². The number of rotatable bonds is 11. The molecule has 0 saturated heterocycles. The number of halogens is 12. The van der Waals surface area contributed by atoms with Crippen LogP contribution >= 0.6 is 0 Å². The van der Waals surface area contributed by atoms with Gasteiger partial charge in [-0.25, -0.2) is 0 Å². The fourth-order valence-electron chi connectivity index (χ4n) is 1.82. The fourth-order valence-corrected chi connectivity index (χ4v) is 1.82. The topological polar surface area (TPSA) is 0 Å². The predicted octanol–water partition coefficient (Wildman–Crippen LogP) is 5.53. The Balaban J connectivity index is 6.06. The standard InChI is InChI=1S/C12H12B2F12/c13-5-1-3-7(15,16)9(19,20)11(23,24)12(25,26)10(21,22)8(17,18)4-2-6-14/h1-6H2. The van der Waals surface area contributed by atoms with E-state index >= 15 is 0 Å². The molecule has 0 N–H and O–H groups in total. The zero-order valence-electron chi connectivity index (χ0n) is 12.9. The third-order valence-electron chi connectivity index (χ3n) is 3.49. The molecule has 14 heteroatoms. The first-order valence-corrected chi connectivity index (χ1v) is 7.04. The third kappa shape index (κ3) is 3.93. The van der Waals surface area contributed by atoms with Gasteiger partial charge in [-0.2, -0.15) is 52.7 Å². The molecular weight excluding hydrogens is 394 g/mol. The lowest BCUT2D eigenvalue weighted by molar-refractivity contribution is -0.425. The van der Waals surface area contributed by atoms with Crippen LogP contribution in [-0.4, -0.2) is 51.2 Å². The van der Waals surface area contributed by atoms with E-state index in [9.17, 15) is 52.7 Å². The molecule has 0 spiro atoms. The van der Waals surface area contributed by atoms with Crippen LogP contribution in [0.4, 0.5) is 52.7 Å². The van der Waals surface area contributed by atoms with Crippen LogP contribution < -0.4 is 0 Å². The van der Waals surface area contributed by atoms with E-state index in [0.29, 0.717) is 0 Å². The van der Waals surface area contributed by atoms with Crippen LogP contribution in [-0.2, 0) is 0 Å². The average Bonchev–Trinajstić information content (AvgIpc) is 2.49. The molecule has 0 rings (SSSR count). The maximum absolute atomic E-state index is 13.4. The van der Waals surface area contributed by atoms with Crippen molar-refractivity contribution in [1.29, 1.82) is 0 Å². The summed E-state index contributed by atoms with van der Waals surface area (Å²) in [5.74, 6) is -41.0. The minimum absolute atomic E-state index is 0.735. The van der Waals surface area contributed by atoms with Crippen LogP contribution in [0.2, 0.25) is 12.6 Å². The maximum Gasteiger partial charge on any atom is 0.384 e. The summed E-state index contributed by atoms with van der Waals surface area (Å²) in [6, 6.07) is 0. The molecule has 150 valence electrons. The van der Waals surface area contributed by atoms with Gasteiger partial charge in [-0.1, -0.05) is 25.5 Å². The molecule has 0 fully saturated rings. The molecule has 0 aliphatic carbocycles. The van der Waals surface area contributed by atoms with Gasteiger partial charge in [0.05, 0.1) is 15.7 Å².